The highest BCUT2D eigenvalue weighted by Gasteiger charge is 2.18. The number of hydrogen-bond acceptors (Lipinski definition) is 4. The maximum atomic E-state index is 4.65. The van der Waals surface area contributed by atoms with Crippen molar-refractivity contribution in [2.24, 2.45) is 11.8 Å². The minimum atomic E-state index is 0.347. The Balaban J connectivity index is 1.98. The van der Waals surface area contributed by atoms with Crippen LogP contribution in [0.25, 0.3) is 0 Å². The highest BCUT2D eigenvalue weighted by atomic mass is 15.1. The molecule has 0 unspecified atom stereocenters. The van der Waals surface area contributed by atoms with Crippen LogP contribution in [0.4, 0.5) is 11.6 Å². The van der Waals surface area contributed by atoms with Crippen molar-refractivity contribution in [1.29, 1.82) is 0 Å². The molecule has 0 radical (unpaired) electrons. The molecule has 1 aromatic rings. The Hall–Kier alpha value is -1.32. The first-order valence-electron chi connectivity index (χ1n) is 8.45. The average Bonchev–Trinajstić information content (AvgIpc) is 2.47. The van der Waals surface area contributed by atoms with Gasteiger partial charge in [-0.25, -0.2) is 9.97 Å². The molecule has 4 nitrogen and oxygen atoms in total. The van der Waals surface area contributed by atoms with Crippen molar-refractivity contribution < 1.29 is 0 Å². The zero-order valence-electron chi connectivity index (χ0n) is 13.9. The lowest BCUT2D eigenvalue weighted by Gasteiger charge is -2.26. The second kappa shape index (κ2) is 7.62. The second-order valence-corrected chi connectivity index (χ2v) is 6.69. The van der Waals surface area contributed by atoms with Crippen molar-refractivity contribution in [3.63, 3.8) is 0 Å². The average molecular weight is 290 g/mol. The predicted molar refractivity (Wildman–Crippen MR) is 89.9 cm³/mol. The minimum Gasteiger partial charge on any atom is -0.370 e. The molecule has 0 bridgehead atoms. The quantitative estimate of drug-likeness (QED) is 0.821. The number of aromatic nitrogens is 2. The molecular weight excluding hydrogens is 260 g/mol. The first-order valence-corrected chi connectivity index (χ1v) is 8.45. The smallest absolute Gasteiger partial charge is 0.135 e. The van der Waals surface area contributed by atoms with Gasteiger partial charge in [-0.1, -0.05) is 33.6 Å². The third-order valence-electron chi connectivity index (χ3n) is 4.33. The molecule has 0 aromatic carbocycles. The SMILES string of the molecule is CCNc1cc(NCC2CCC(C)CC2)nc(C(C)C)n1. The highest BCUT2D eigenvalue weighted by molar-refractivity contribution is 5.47. The number of anilines is 2. The fourth-order valence-corrected chi connectivity index (χ4v) is 2.87. The van der Waals surface area contributed by atoms with Crippen molar-refractivity contribution in [3.8, 4) is 0 Å². The molecule has 1 heterocycles. The van der Waals surface area contributed by atoms with Crippen molar-refractivity contribution >= 4 is 11.6 Å². The monoisotopic (exact) mass is 290 g/mol. The summed E-state index contributed by atoms with van der Waals surface area (Å²) in [6.07, 6.45) is 5.43. The van der Waals surface area contributed by atoms with Crippen LogP contribution in [-0.2, 0) is 0 Å². The Bertz CT molecular complexity index is 436. The van der Waals surface area contributed by atoms with Crippen LogP contribution in [0, 0.1) is 11.8 Å². The van der Waals surface area contributed by atoms with Gasteiger partial charge >= 0.3 is 0 Å². The van der Waals surface area contributed by atoms with E-state index in [0.29, 0.717) is 5.92 Å². The summed E-state index contributed by atoms with van der Waals surface area (Å²) in [6, 6.07) is 2.03. The van der Waals surface area contributed by atoms with Gasteiger partial charge in [0.25, 0.3) is 0 Å². The minimum absolute atomic E-state index is 0.347. The second-order valence-electron chi connectivity index (χ2n) is 6.69. The summed E-state index contributed by atoms with van der Waals surface area (Å²) >= 11 is 0. The van der Waals surface area contributed by atoms with E-state index in [1.807, 2.05) is 6.07 Å². The van der Waals surface area contributed by atoms with Crippen LogP contribution in [0.5, 0.6) is 0 Å². The summed E-state index contributed by atoms with van der Waals surface area (Å²) in [5.41, 5.74) is 0. The Morgan fingerprint density at radius 3 is 2.29 bits per heavy atom. The van der Waals surface area contributed by atoms with E-state index in [4.69, 9.17) is 0 Å². The molecule has 1 fully saturated rings. The van der Waals surface area contributed by atoms with Gasteiger partial charge in [-0.3, -0.25) is 0 Å². The van der Waals surface area contributed by atoms with Gasteiger partial charge in [0.2, 0.25) is 0 Å². The van der Waals surface area contributed by atoms with Crippen molar-refractivity contribution in [3.05, 3.63) is 11.9 Å². The van der Waals surface area contributed by atoms with Crippen LogP contribution >= 0.6 is 0 Å². The maximum absolute atomic E-state index is 4.65. The predicted octanol–water partition coefficient (Wildman–Crippen LogP) is 4.27. The lowest BCUT2D eigenvalue weighted by Crippen LogP contribution is -2.21. The van der Waals surface area contributed by atoms with Gasteiger partial charge in [-0.2, -0.15) is 0 Å². The van der Waals surface area contributed by atoms with E-state index in [2.05, 4.69) is 48.3 Å². The standard InChI is InChI=1S/C17H30N4/c1-5-18-15-10-16(21-17(20-15)12(2)3)19-11-14-8-6-13(4)7-9-14/h10,12-14H,5-9,11H2,1-4H3,(H2,18,19,20,21). The molecule has 1 aliphatic rings. The fraction of sp³-hybridized carbons (Fsp3) is 0.765. The summed E-state index contributed by atoms with van der Waals surface area (Å²) in [5, 5.41) is 6.83. The molecule has 2 rings (SSSR count). The van der Waals surface area contributed by atoms with E-state index in [0.717, 1.165) is 42.4 Å². The summed E-state index contributed by atoms with van der Waals surface area (Å²) in [4.78, 5) is 9.22. The van der Waals surface area contributed by atoms with E-state index in [1.54, 1.807) is 0 Å². The first kappa shape index (κ1) is 16.1. The number of hydrogen-bond donors (Lipinski definition) is 2. The van der Waals surface area contributed by atoms with Crippen LogP contribution in [0.15, 0.2) is 6.07 Å². The number of nitrogens with zero attached hydrogens (tertiary/aromatic N) is 2. The summed E-state index contributed by atoms with van der Waals surface area (Å²) < 4.78 is 0. The molecule has 1 aromatic heterocycles. The molecule has 4 heteroatoms. The Labute approximate surface area is 129 Å². The molecule has 0 saturated heterocycles. The van der Waals surface area contributed by atoms with E-state index < -0.39 is 0 Å². The number of nitrogens with one attached hydrogen (secondary N) is 2. The molecule has 1 saturated carbocycles. The molecule has 0 spiro atoms. The zero-order valence-corrected chi connectivity index (χ0v) is 13.9. The van der Waals surface area contributed by atoms with Crippen LogP contribution in [0.3, 0.4) is 0 Å². The Morgan fingerprint density at radius 1 is 1.10 bits per heavy atom. The van der Waals surface area contributed by atoms with Crippen LogP contribution in [-0.4, -0.2) is 23.1 Å². The lowest BCUT2D eigenvalue weighted by atomic mass is 9.83. The van der Waals surface area contributed by atoms with Gasteiger partial charge in [-0.15, -0.1) is 0 Å². The third kappa shape index (κ3) is 4.87. The summed E-state index contributed by atoms with van der Waals surface area (Å²) in [7, 11) is 0. The molecule has 21 heavy (non-hydrogen) atoms. The lowest BCUT2D eigenvalue weighted by molar-refractivity contribution is 0.300. The van der Waals surface area contributed by atoms with E-state index in [9.17, 15) is 0 Å². The molecule has 0 amide bonds. The topological polar surface area (TPSA) is 49.8 Å². The maximum Gasteiger partial charge on any atom is 0.135 e. The molecule has 2 N–H and O–H groups in total. The van der Waals surface area contributed by atoms with Crippen molar-refractivity contribution in [2.75, 3.05) is 23.7 Å². The molecule has 1 aliphatic carbocycles. The van der Waals surface area contributed by atoms with Crippen LogP contribution in [0.2, 0.25) is 0 Å². The Kier molecular flexibility index (Phi) is 5.83. The normalized spacial score (nSPS) is 22.3. The summed E-state index contributed by atoms with van der Waals surface area (Å²) in [5.74, 6) is 4.85. The van der Waals surface area contributed by atoms with E-state index >= 15 is 0 Å². The first-order chi connectivity index (χ1) is 10.1. The van der Waals surface area contributed by atoms with E-state index in [1.165, 1.54) is 25.7 Å². The van der Waals surface area contributed by atoms with Crippen LogP contribution in [0.1, 0.15) is 65.1 Å². The fourth-order valence-electron chi connectivity index (χ4n) is 2.87. The van der Waals surface area contributed by atoms with Gasteiger partial charge in [0.1, 0.15) is 17.5 Å². The molecule has 0 aliphatic heterocycles. The molecular formula is C17H30N4. The zero-order chi connectivity index (χ0) is 15.2. The van der Waals surface area contributed by atoms with E-state index in [-0.39, 0.29) is 0 Å². The largest absolute Gasteiger partial charge is 0.370 e. The van der Waals surface area contributed by atoms with Gasteiger partial charge in [0.15, 0.2) is 0 Å². The molecule has 118 valence electrons. The third-order valence-corrected chi connectivity index (χ3v) is 4.33. The van der Waals surface area contributed by atoms with Crippen molar-refractivity contribution in [2.45, 2.75) is 59.3 Å². The highest BCUT2D eigenvalue weighted by Crippen LogP contribution is 2.28. The van der Waals surface area contributed by atoms with Gasteiger partial charge in [-0.05, 0) is 31.6 Å². The number of rotatable bonds is 6. The van der Waals surface area contributed by atoms with Crippen LogP contribution < -0.4 is 10.6 Å². The van der Waals surface area contributed by atoms with Gasteiger partial charge in [0.05, 0.1) is 0 Å². The molecule has 0 atom stereocenters. The summed E-state index contributed by atoms with van der Waals surface area (Å²) in [6.45, 7) is 10.6. The van der Waals surface area contributed by atoms with Crippen molar-refractivity contribution in [1.82, 2.24) is 9.97 Å². The van der Waals surface area contributed by atoms with Gasteiger partial charge in [0, 0.05) is 25.1 Å². The Morgan fingerprint density at radius 2 is 1.71 bits per heavy atom. The van der Waals surface area contributed by atoms with Gasteiger partial charge < -0.3 is 10.6 Å².